The fourth-order valence-electron chi connectivity index (χ4n) is 6.03. The van der Waals surface area contributed by atoms with Gasteiger partial charge in [0.2, 0.25) is 5.95 Å². The zero-order valence-corrected chi connectivity index (χ0v) is 19.3. The van der Waals surface area contributed by atoms with E-state index in [0.717, 1.165) is 61.8 Å². The second-order valence-electron chi connectivity index (χ2n) is 9.93. The highest BCUT2D eigenvalue weighted by atomic mass is 19.2. The van der Waals surface area contributed by atoms with Crippen molar-refractivity contribution in [2.75, 3.05) is 23.3 Å². The highest BCUT2D eigenvalue weighted by Crippen LogP contribution is 2.40. The van der Waals surface area contributed by atoms with Crippen molar-refractivity contribution < 1.29 is 8.78 Å². The summed E-state index contributed by atoms with van der Waals surface area (Å²) in [6.45, 7) is 4.70. The average molecular weight is 466 g/mol. The Balaban J connectivity index is 1.22. The van der Waals surface area contributed by atoms with Crippen LogP contribution in [-0.2, 0) is 6.54 Å². The first kappa shape index (κ1) is 21.4. The molecule has 2 aliphatic heterocycles. The fourth-order valence-corrected chi connectivity index (χ4v) is 6.03. The van der Waals surface area contributed by atoms with E-state index >= 15 is 0 Å². The lowest BCUT2D eigenvalue weighted by atomic mass is 9.92. The lowest BCUT2D eigenvalue weighted by Gasteiger charge is -2.38. The Kier molecular flexibility index (Phi) is 5.42. The molecule has 6 rings (SSSR count). The van der Waals surface area contributed by atoms with Crippen LogP contribution < -0.4 is 10.2 Å². The molecule has 0 unspecified atom stereocenters. The highest BCUT2D eigenvalue weighted by molar-refractivity contribution is 5.42. The van der Waals surface area contributed by atoms with Crippen molar-refractivity contribution in [2.45, 2.75) is 57.5 Å². The summed E-state index contributed by atoms with van der Waals surface area (Å²) in [5.74, 6) is 1.78. The van der Waals surface area contributed by atoms with Crippen LogP contribution >= 0.6 is 0 Å². The number of nitrogens with one attached hydrogen (secondary N) is 1. The molecule has 1 aromatic carbocycles. The first-order chi connectivity index (χ1) is 16.5. The predicted octanol–water partition coefficient (Wildman–Crippen LogP) is 4.30. The predicted molar refractivity (Wildman–Crippen MR) is 125 cm³/mol. The van der Waals surface area contributed by atoms with E-state index in [-0.39, 0.29) is 5.92 Å². The van der Waals surface area contributed by atoms with Crippen molar-refractivity contribution in [3.8, 4) is 0 Å². The van der Waals surface area contributed by atoms with Crippen molar-refractivity contribution in [2.24, 2.45) is 11.8 Å². The maximum absolute atomic E-state index is 14.0. The number of halogens is 2. The lowest BCUT2D eigenvalue weighted by molar-refractivity contribution is 0.374. The van der Waals surface area contributed by atoms with Crippen LogP contribution in [0, 0.1) is 30.4 Å². The van der Waals surface area contributed by atoms with E-state index in [1.807, 2.05) is 11.6 Å². The number of fused-ring (bicyclic) bond motifs is 3. The maximum atomic E-state index is 14.0. The van der Waals surface area contributed by atoms with Gasteiger partial charge in [-0.1, -0.05) is 12.5 Å². The molecular formula is C25H29F2N7. The smallest absolute Gasteiger partial charge is 0.242 e. The van der Waals surface area contributed by atoms with Gasteiger partial charge in [-0.15, -0.1) is 5.10 Å². The Bertz CT molecular complexity index is 1180. The molecule has 1 saturated carbocycles. The standard InChI is InChI=1S/C25H29F2N7/c1-15-10-22(29-14-28-15)33-12-17-5-6-18(13-33)23(17)30-25-31-24-19(4-2-3-9-34(24)32-25)16-7-8-20(26)21(27)11-16/h7-8,10-11,14,17-19,23H,2-6,9,12-13H2,1H3,(H,30,32)/t17-,18+,19-,23-/m1/s1. The van der Waals surface area contributed by atoms with Crippen molar-refractivity contribution in [3.05, 3.63) is 59.3 Å². The van der Waals surface area contributed by atoms with Crippen LogP contribution in [0.15, 0.2) is 30.6 Å². The number of hydrogen-bond acceptors (Lipinski definition) is 6. The lowest BCUT2D eigenvalue weighted by Crippen LogP contribution is -2.48. The van der Waals surface area contributed by atoms with Gasteiger partial charge in [0.1, 0.15) is 18.0 Å². The van der Waals surface area contributed by atoms with Gasteiger partial charge in [-0.3, -0.25) is 0 Å². The van der Waals surface area contributed by atoms with Crippen LogP contribution in [0.1, 0.15) is 55.1 Å². The number of aromatic nitrogens is 5. The van der Waals surface area contributed by atoms with Gasteiger partial charge in [0, 0.05) is 43.4 Å². The molecule has 0 spiro atoms. The SMILES string of the molecule is Cc1cc(N2C[C@H]3CC[C@@H](C2)[C@@H]3Nc2nc3n(n2)CCCC[C@@H]3c2ccc(F)c(F)c2)ncn1. The zero-order valence-electron chi connectivity index (χ0n) is 19.3. The molecule has 2 bridgehead atoms. The molecule has 2 fully saturated rings. The Morgan fingerprint density at radius 1 is 0.971 bits per heavy atom. The summed E-state index contributed by atoms with van der Waals surface area (Å²) < 4.78 is 29.4. The van der Waals surface area contributed by atoms with E-state index in [2.05, 4.69) is 26.3 Å². The van der Waals surface area contributed by atoms with E-state index in [9.17, 15) is 8.78 Å². The van der Waals surface area contributed by atoms with Gasteiger partial charge >= 0.3 is 0 Å². The van der Waals surface area contributed by atoms with Crippen molar-refractivity contribution in [3.63, 3.8) is 0 Å². The van der Waals surface area contributed by atoms with Crippen LogP contribution in [0.3, 0.4) is 0 Å². The second-order valence-corrected chi connectivity index (χ2v) is 9.93. The topological polar surface area (TPSA) is 71.8 Å². The zero-order chi connectivity index (χ0) is 23.2. The van der Waals surface area contributed by atoms with Crippen molar-refractivity contribution in [1.29, 1.82) is 0 Å². The molecule has 7 nitrogen and oxygen atoms in total. The number of piperidine rings is 1. The van der Waals surface area contributed by atoms with Crippen molar-refractivity contribution in [1.82, 2.24) is 24.7 Å². The molecule has 1 N–H and O–H groups in total. The third kappa shape index (κ3) is 3.91. The molecule has 34 heavy (non-hydrogen) atoms. The normalized spacial score (nSPS) is 26.3. The molecule has 9 heteroatoms. The number of aryl methyl sites for hydroxylation is 2. The summed E-state index contributed by atoms with van der Waals surface area (Å²) in [6.07, 6.45) is 6.84. The van der Waals surface area contributed by atoms with Gasteiger partial charge in [0.15, 0.2) is 11.6 Å². The highest BCUT2D eigenvalue weighted by Gasteiger charge is 2.43. The quantitative estimate of drug-likeness (QED) is 0.620. The van der Waals surface area contributed by atoms with Gasteiger partial charge < -0.3 is 10.2 Å². The number of anilines is 2. The molecule has 3 aromatic rings. The Labute approximate surface area is 197 Å². The molecule has 1 saturated heterocycles. The summed E-state index contributed by atoms with van der Waals surface area (Å²) in [7, 11) is 0. The van der Waals surface area contributed by atoms with Crippen LogP contribution in [0.4, 0.5) is 20.5 Å². The minimum atomic E-state index is -0.819. The summed E-state index contributed by atoms with van der Waals surface area (Å²) in [4.78, 5) is 16.0. The molecule has 0 radical (unpaired) electrons. The number of nitrogens with zero attached hydrogens (tertiary/aromatic N) is 6. The van der Waals surface area contributed by atoms with E-state index in [1.165, 1.54) is 25.0 Å². The Hall–Kier alpha value is -3.10. The van der Waals surface area contributed by atoms with Crippen LogP contribution in [0.2, 0.25) is 0 Å². The third-order valence-electron chi connectivity index (χ3n) is 7.71. The van der Waals surface area contributed by atoms with Gasteiger partial charge in [-0.05, 0) is 62.1 Å². The van der Waals surface area contributed by atoms with E-state index < -0.39 is 11.6 Å². The van der Waals surface area contributed by atoms with Gasteiger partial charge in [0.05, 0.1) is 0 Å². The first-order valence-corrected chi connectivity index (χ1v) is 12.2. The van der Waals surface area contributed by atoms with E-state index in [4.69, 9.17) is 10.1 Å². The third-order valence-corrected chi connectivity index (χ3v) is 7.71. The summed E-state index contributed by atoms with van der Waals surface area (Å²) >= 11 is 0. The first-order valence-electron chi connectivity index (χ1n) is 12.2. The van der Waals surface area contributed by atoms with E-state index in [1.54, 1.807) is 12.4 Å². The number of rotatable bonds is 4. The summed E-state index contributed by atoms with van der Waals surface area (Å²) in [5, 5.41) is 8.46. The minimum absolute atomic E-state index is 0.0831. The molecule has 2 aromatic heterocycles. The largest absolute Gasteiger partial charge is 0.356 e. The number of benzene rings is 1. The molecular weight excluding hydrogens is 436 g/mol. The average Bonchev–Trinajstić information content (AvgIpc) is 3.23. The van der Waals surface area contributed by atoms with Crippen LogP contribution in [-0.4, -0.2) is 43.9 Å². The summed E-state index contributed by atoms with van der Waals surface area (Å²) in [5.41, 5.74) is 1.74. The molecule has 0 amide bonds. The molecule has 3 aliphatic rings. The maximum Gasteiger partial charge on any atom is 0.242 e. The van der Waals surface area contributed by atoms with Crippen LogP contribution in [0.5, 0.6) is 0 Å². The molecule has 4 atom stereocenters. The monoisotopic (exact) mass is 465 g/mol. The van der Waals surface area contributed by atoms with Gasteiger partial charge in [0.25, 0.3) is 0 Å². The molecule has 4 heterocycles. The number of hydrogen-bond donors (Lipinski definition) is 1. The molecule has 1 aliphatic carbocycles. The second kappa shape index (κ2) is 8.60. The van der Waals surface area contributed by atoms with Gasteiger partial charge in [-0.25, -0.2) is 23.4 Å². The Morgan fingerprint density at radius 2 is 1.79 bits per heavy atom. The Morgan fingerprint density at radius 3 is 2.56 bits per heavy atom. The summed E-state index contributed by atoms with van der Waals surface area (Å²) in [6, 6.07) is 6.57. The minimum Gasteiger partial charge on any atom is -0.356 e. The van der Waals surface area contributed by atoms with Gasteiger partial charge in [-0.2, -0.15) is 4.98 Å². The van der Waals surface area contributed by atoms with Crippen molar-refractivity contribution >= 4 is 11.8 Å². The fraction of sp³-hybridized carbons (Fsp3) is 0.520. The van der Waals surface area contributed by atoms with E-state index in [0.29, 0.717) is 23.8 Å². The van der Waals surface area contributed by atoms with Crippen LogP contribution in [0.25, 0.3) is 0 Å². The molecule has 178 valence electrons.